The van der Waals surface area contributed by atoms with E-state index in [2.05, 4.69) is 21.1 Å². The van der Waals surface area contributed by atoms with E-state index in [1.54, 1.807) is 0 Å². The summed E-state index contributed by atoms with van der Waals surface area (Å²) in [7, 11) is 0. The molecule has 0 saturated carbocycles. The zero-order valence-corrected chi connectivity index (χ0v) is 8.76. The van der Waals surface area contributed by atoms with E-state index < -0.39 is 35.3 Å². The van der Waals surface area contributed by atoms with E-state index in [1.807, 2.05) is 0 Å². The molecule has 1 rings (SSSR count). The van der Waals surface area contributed by atoms with Crippen molar-refractivity contribution in [2.75, 3.05) is 0 Å². The highest BCUT2D eigenvalue weighted by Crippen LogP contribution is 2.59. The van der Waals surface area contributed by atoms with Gasteiger partial charge in [0.1, 0.15) is 0 Å². The highest BCUT2D eigenvalue weighted by Gasteiger charge is 2.88. The number of hydrogen-bond acceptors (Lipinski definition) is 3. The predicted octanol–water partition coefficient (Wildman–Crippen LogP) is 2.88. The van der Waals surface area contributed by atoms with Gasteiger partial charge in [-0.25, -0.2) is 0 Å². The lowest BCUT2D eigenvalue weighted by Gasteiger charge is -2.28. The van der Waals surface area contributed by atoms with Gasteiger partial charge in [-0.05, 0) is 11.6 Å². The molecule has 19 heavy (non-hydrogen) atoms. The number of alkyl halides is 9. The van der Waals surface area contributed by atoms with Gasteiger partial charge in [0.2, 0.25) is 0 Å². The molecule has 2 atom stereocenters. The number of carbonyl (C=O) groups is 1. The Kier molecular flexibility index (Phi) is 3.33. The Morgan fingerprint density at radius 3 is 1.53 bits per heavy atom. The zero-order chi connectivity index (χ0) is 15.5. The van der Waals surface area contributed by atoms with Gasteiger partial charge in [-0.3, -0.25) is 14.3 Å². The van der Waals surface area contributed by atoms with Crippen LogP contribution in [0.1, 0.15) is 0 Å². The Balaban J connectivity index is 3.48. The Bertz CT molecular complexity index is 404. The summed E-state index contributed by atoms with van der Waals surface area (Å²) in [5.41, 5.74) is -5.79. The maximum atomic E-state index is 12.9. The molecule has 0 aromatic rings. The molecule has 0 bridgehead atoms. The first-order valence-electron chi connectivity index (χ1n) is 3.91. The monoisotopic (exact) mass is 326 g/mol. The summed E-state index contributed by atoms with van der Waals surface area (Å²) in [6.07, 6.45) is -18.7. The topological polar surface area (TPSA) is 35.5 Å². The molecule has 0 aromatic carbocycles. The molecule has 3 nitrogen and oxygen atoms in total. The SMILES string of the molecule is O=C(F)C1(C(F)(F)F)OC(Cl)(C(F)(F)F)OC1(F)F. The van der Waals surface area contributed by atoms with E-state index in [4.69, 9.17) is 0 Å². The van der Waals surface area contributed by atoms with Crippen molar-refractivity contribution in [2.24, 2.45) is 0 Å². The lowest BCUT2D eigenvalue weighted by atomic mass is 10.0. The van der Waals surface area contributed by atoms with Crippen LogP contribution in [0, 0.1) is 0 Å². The van der Waals surface area contributed by atoms with Crippen LogP contribution in [0.2, 0.25) is 0 Å². The third kappa shape index (κ3) is 2.05. The van der Waals surface area contributed by atoms with Crippen LogP contribution in [0.4, 0.5) is 39.5 Å². The fraction of sp³-hybridized carbons (Fsp3) is 0.833. The minimum Gasteiger partial charge on any atom is -0.296 e. The fourth-order valence-corrected chi connectivity index (χ4v) is 1.33. The van der Waals surface area contributed by atoms with Gasteiger partial charge in [0.25, 0.3) is 0 Å². The summed E-state index contributed by atoms with van der Waals surface area (Å²) in [4.78, 5) is 10.1. The first kappa shape index (κ1) is 16.3. The largest absolute Gasteiger partial charge is 0.460 e. The Morgan fingerprint density at radius 1 is 0.947 bits per heavy atom. The van der Waals surface area contributed by atoms with Crippen molar-refractivity contribution < 1.29 is 53.8 Å². The lowest BCUT2D eigenvalue weighted by molar-refractivity contribution is -0.338. The maximum absolute atomic E-state index is 12.9. The van der Waals surface area contributed by atoms with Gasteiger partial charge in [0.05, 0.1) is 0 Å². The van der Waals surface area contributed by atoms with Gasteiger partial charge < -0.3 is 0 Å². The standard InChI is InChI=1S/C6ClF9O3/c7-3(5(12,13)14)18-2(1(8)17,4(9,10)11)6(15,16)19-3. The number of hydrogen-bond donors (Lipinski definition) is 0. The average molecular weight is 326 g/mol. The molecule has 0 aliphatic carbocycles. The molecule has 1 aliphatic heterocycles. The van der Waals surface area contributed by atoms with Crippen LogP contribution in [0.25, 0.3) is 0 Å². The molecule has 0 radical (unpaired) electrons. The lowest BCUT2D eigenvalue weighted by Crippen LogP contribution is -2.61. The Labute approximate surface area is 102 Å². The average Bonchev–Trinajstić information content (AvgIpc) is 2.31. The molecule has 0 N–H and O–H groups in total. The highest BCUT2D eigenvalue weighted by atomic mass is 35.5. The smallest absolute Gasteiger partial charge is 0.296 e. The van der Waals surface area contributed by atoms with Crippen molar-refractivity contribution in [1.82, 2.24) is 0 Å². The molecule has 1 fully saturated rings. The number of halogens is 10. The van der Waals surface area contributed by atoms with Crippen molar-refractivity contribution >= 4 is 17.6 Å². The van der Waals surface area contributed by atoms with Gasteiger partial charge in [-0.1, -0.05) is 0 Å². The van der Waals surface area contributed by atoms with E-state index in [1.165, 1.54) is 0 Å². The molecule has 1 aliphatic rings. The Hall–Kier alpha value is -0.750. The predicted molar refractivity (Wildman–Crippen MR) is 36.7 cm³/mol. The molecular formula is C6ClF9O3. The third-order valence-corrected chi connectivity index (χ3v) is 2.34. The molecule has 1 heterocycles. The minimum absolute atomic E-state index is 2.61. The molecule has 1 saturated heterocycles. The molecule has 13 heteroatoms. The van der Waals surface area contributed by atoms with Crippen LogP contribution in [-0.4, -0.2) is 35.3 Å². The zero-order valence-electron chi connectivity index (χ0n) is 8.00. The molecule has 0 spiro atoms. The number of carbonyl (C=O) groups excluding carboxylic acids is 1. The van der Waals surface area contributed by atoms with Crippen molar-refractivity contribution in [3.8, 4) is 0 Å². The molecule has 0 amide bonds. The first-order valence-corrected chi connectivity index (χ1v) is 4.29. The van der Waals surface area contributed by atoms with Crippen molar-refractivity contribution in [3.63, 3.8) is 0 Å². The third-order valence-electron chi connectivity index (χ3n) is 1.97. The highest BCUT2D eigenvalue weighted by molar-refractivity contribution is 6.22. The molecule has 0 aromatic heterocycles. The molecule has 112 valence electrons. The summed E-state index contributed by atoms with van der Waals surface area (Å²) in [6.45, 7) is 0. The first-order chi connectivity index (χ1) is 8.11. The van der Waals surface area contributed by atoms with Crippen LogP contribution < -0.4 is 0 Å². The summed E-state index contributed by atoms with van der Waals surface area (Å²) >= 11 is 4.30. The van der Waals surface area contributed by atoms with Gasteiger partial charge >= 0.3 is 35.3 Å². The normalized spacial score (nSPS) is 35.5. The van der Waals surface area contributed by atoms with E-state index in [9.17, 15) is 44.3 Å². The maximum Gasteiger partial charge on any atom is 0.460 e. The molecular weight excluding hydrogens is 326 g/mol. The van der Waals surface area contributed by atoms with Crippen LogP contribution in [-0.2, 0) is 14.3 Å². The minimum atomic E-state index is -6.55. The summed E-state index contributed by atoms with van der Waals surface area (Å²) in [5.74, 6) is 0. The van der Waals surface area contributed by atoms with Crippen molar-refractivity contribution in [1.29, 1.82) is 0 Å². The van der Waals surface area contributed by atoms with E-state index in [0.717, 1.165) is 0 Å². The fourth-order valence-electron chi connectivity index (χ4n) is 1.12. The Morgan fingerprint density at radius 2 is 1.37 bits per heavy atom. The van der Waals surface area contributed by atoms with Gasteiger partial charge in [0, 0.05) is 0 Å². The van der Waals surface area contributed by atoms with E-state index >= 15 is 0 Å². The van der Waals surface area contributed by atoms with Gasteiger partial charge in [0.15, 0.2) is 0 Å². The quantitative estimate of drug-likeness (QED) is 0.422. The summed E-state index contributed by atoms with van der Waals surface area (Å²) in [5, 5.41) is -5.02. The van der Waals surface area contributed by atoms with Crippen LogP contribution in [0.5, 0.6) is 0 Å². The van der Waals surface area contributed by atoms with Gasteiger partial charge in [-0.15, -0.1) is 0 Å². The molecule has 2 unspecified atom stereocenters. The van der Waals surface area contributed by atoms with Gasteiger partial charge in [-0.2, -0.15) is 39.5 Å². The van der Waals surface area contributed by atoms with Crippen molar-refractivity contribution in [2.45, 2.75) is 29.3 Å². The number of rotatable bonds is 1. The second-order valence-electron chi connectivity index (χ2n) is 3.21. The van der Waals surface area contributed by atoms with Crippen molar-refractivity contribution in [3.05, 3.63) is 0 Å². The van der Waals surface area contributed by atoms with E-state index in [-0.39, 0.29) is 0 Å². The second kappa shape index (κ2) is 3.88. The number of ether oxygens (including phenoxy) is 2. The summed E-state index contributed by atoms with van der Waals surface area (Å²) in [6, 6.07) is -3.93. The summed E-state index contributed by atoms with van der Waals surface area (Å²) < 4.78 is 117. The van der Waals surface area contributed by atoms with Crippen LogP contribution >= 0.6 is 11.6 Å². The van der Waals surface area contributed by atoms with Crippen LogP contribution in [0.3, 0.4) is 0 Å². The van der Waals surface area contributed by atoms with Crippen LogP contribution in [0.15, 0.2) is 0 Å². The van der Waals surface area contributed by atoms with E-state index in [0.29, 0.717) is 0 Å². The second-order valence-corrected chi connectivity index (χ2v) is 3.71.